The van der Waals surface area contributed by atoms with Gasteiger partial charge in [-0.3, -0.25) is 0 Å². The summed E-state index contributed by atoms with van der Waals surface area (Å²) >= 11 is 0. The van der Waals surface area contributed by atoms with Gasteiger partial charge in [-0.1, -0.05) is 44.2 Å². The third-order valence-corrected chi connectivity index (χ3v) is 5.58. The van der Waals surface area contributed by atoms with Gasteiger partial charge in [0.25, 0.3) is 0 Å². The van der Waals surface area contributed by atoms with E-state index in [1.165, 1.54) is 57.5 Å². The van der Waals surface area contributed by atoms with Crippen LogP contribution in [0.15, 0.2) is 30.3 Å². The van der Waals surface area contributed by atoms with Crippen LogP contribution in [0.25, 0.3) is 0 Å². The highest BCUT2D eigenvalue weighted by atomic mass is 15.2. The van der Waals surface area contributed by atoms with Crippen molar-refractivity contribution in [3.63, 3.8) is 0 Å². The van der Waals surface area contributed by atoms with Crippen LogP contribution < -0.4 is 5.32 Å². The first-order valence-electron chi connectivity index (χ1n) is 8.63. The van der Waals surface area contributed by atoms with Crippen LogP contribution in [0, 0.1) is 11.3 Å². The smallest absolute Gasteiger partial charge is 0.00510 e. The Hall–Kier alpha value is -0.860. The molecule has 2 nitrogen and oxygen atoms in total. The molecule has 21 heavy (non-hydrogen) atoms. The van der Waals surface area contributed by atoms with Gasteiger partial charge < -0.3 is 10.2 Å². The quantitative estimate of drug-likeness (QED) is 0.911. The van der Waals surface area contributed by atoms with Gasteiger partial charge in [-0.25, -0.2) is 0 Å². The van der Waals surface area contributed by atoms with Crippen molar-refractivity contribution in [2.75, 3.05) is 32.7 Å². The lowest BCUT2D eigenvalue weighted by molar-refractivity contribution is 0.113. The molecule has 2 aliphatic rings. The molecule has 0 amide bonds. The van der Waals surface area contributed by atoms with Crippen LogP contribution in [0.5, 0.6) is 0 Å². The van der Waals surface area contributed by atoms with Gasteiger partial charge in [0.2, 0.25) is 0 Å². The van der Waals surface area contributed by atoms with E-state index in [0.717, 1.165) is 11.8 Å². The summed E-state index contributed by atoms with van der Waals surface area (Å²) in [5, 5.41) is 3.58. The maximum Gasteiger partial charge on any atom is 0.00510 e. The Kier molecular flexibility index (Phi) is 4.66. The van der Waals surface area contributed by atoms with E-state index >= 15 is 0 Å². The maximum absolute atomic E-state index is 3.58. The van der Waals surface area contributed by atoms with Crippen molar-refractivity contribution in [3.8, 4) is 0 Å². The Bertz CT molecular complexity index is 434. The lowest BCUT2D eigenvalue weighted by Gasteiger charge is -2.40. The van der Waals surface area contributed by atoms with Crippen LogP contribution in [-0.4, -0.2) is 37.6 Å². The summed E-state index contributed by atoms with van der Waals surface area (Å²) in [7, 11) is 0. The molecule has 116 valence electrons. The van der Waals surface area contributed by atoms with Gasteiger partial charge in [0.1, 0.15) is 0 Å². The van der Waals surface area contributed by atoms with E-state index in [9.17, 15) is 0 Å². The first kappa shape index (κ1) is 15.1. The highest BCUT2D eigenvalue weighted by Gasteiger charge is 2.34. The number of nitrogens with one attached hydrogen (secondary N) is 1. The predicted molar refractivity (Wildman–Crippen MR) is 89.6 cm³/mol. The van der Waals surface area contributed by atoms with E-state index in [2.05, 4.69) is 54.4 Å². The number of hydrogen-bond acceptors (Lipinski definition) is 2. The van der Waals surface area contributed by atoms with E-state index in [1.54, 1.807) is 0 Å². The van der Waals surface area contributed by atoms with Crippen molar-refractivity contribution in [2.45, 2.75) is 39.0 Å². The minimum atomic E-state index is 0.430. The van der Waals surface area contributed by atoms with E-state index < -0.39 is 0 Å². The zero-order valence-electron chi connectivity index (χ0n) is 13.6. The Morgan fingerprint density at radius 1 is 1.19 bits per heavy atom. The third kappa shape index (κ3) is 3.67. The first-order chi connectivity index (χ1) is 10.1. The fraction of sp³-hybridized carbons (Fsp3) is 0.684. The molecular formula is C19H30N2. The summed E-state index contributed by atoms with van der Waals surface area (Å²) in [6.07, 6.45) is 4.07. The van der Waals surface area contributed by atoms with Crippen molar-refractivity contribution in [1.82, 2.24) is 10.2 Å². The summed E-state index contributed by atoms with van der Waals surface area (Å²) in [5.41, 5.74) is 1.95. The van der Waals surface area contributed by atoms with Crippen LogP contribution in [-0.2, 0) is 0 Å². The topological polar surface area (TPSA) is 15.3 Å². The molecule has 2 atom stereocenters. The SMILES string of the molecule is CC(C)(CN1CCC(c2ccccc2)C1)C1CCCNC1. The van der Waals surface area contributed by atoms with E-state index in [4.69, 9.17) is 0 Å². The molecule has 1 aromatic rings. The van der Waals surface area contributed by atoms with Gasteiger partial charge in [-0.2, -0.15) is 0 Å². The maximum atomic E-state index is 3.58. The van der Waals surface area contributed by atoms with Crippen molar-refractivity contribution in [1.29, 1.82) is 0 Å². The largest absolute Gasteiger partial charge is 0.316 e. The molecule has 0 aromatic heterocycles. The van der Waals surface area contributed by atoms with Crippen LogP contribution in [0.2, 0.25) is 0 Å². The van der Waals surface area contributed by atoms with Gasteiger partial charge in [-0.15, -0.1) is 0 Å². The second-order valence-corrected chi connectivity index (χ2v) is 7.66. The normalized spacial score (nSPS) is 27.9. The molecule has 2 saturated heterocycles. The van der Waals surface area contributed by atoms with Gasteiger partial charge in [-0.05, 0) is 61.7 Å². The molecular weight excluding hydrogens is 256 g/mol. The van der Waals surface area contributed by atoms with Crippen molar-refractivity contribution in [3.05, 3.63) is 35.9 Å². The molecule has 3 rings (SSSR count). The fourth-order valence-electron chi connectivity index (χ4n) is 4.20. The third-order valence-electron chi connectivity index (χ3n) is 5.58. The molecule has 2 fully saturated rings. The lowest BCUT2D eigenvalue weighted by Crippen LogP contribution is -2.44. The van der Waals surface area contributed by atoms with Crippen LogP contribution in [0.4, 0.5) is 0 Å². The second kappa shape index (κ2) is 6.50. The Morgan fingerprint density at radius 3 is 2.71 bits per heavy atom. The summed E-state index contributed by atoms with van der Waals surface area (Å²) in [5.74, 6) is 1.58. The molecule has 0 bridgehead atoms. The summed E-state index contributed by atoms with van der Waals surface area (Å²) < 4.78 is 0. The molecule has 2 heteroatoms. The number of piperidine rings is 1. The second-order valence-electron chi connectivity index (χ2n) is 7.66. The minimum Gasteiger partial charge on any atom is -0.316 e. The molecule has 1 aromatic carbocycles. The first-order valence-corrected chi connectivity index (χ1v) is 8.63. The number of benzene rings is 1. The van der Waals surface area contributed by atoms with Gasteiger partial charge in [0, 0.05) is 13.1 Å². The minimum absolute atomic E-state index is 0.430. The van der Waals surface area contributed by atoms with Gasteiger partial charge in [0.15, 0.2) is 0 Å². The summed E-state index contributed by atoms with van der Waals surface area (Å²) in [6, 6.07) is 11.1. The van der Waals surface area contributed by atoms with Crippen molar-refractivity contribution >= 4 is 0 Å². The number of hydrogen-bond donors (Lipinski definition) is 1. The van der Waals surface area contributed by atoms with E-state index in [-0.39, 0.29) is 0 Å². The number of nitrogens with zero attached hydrogens (tertiary/aromatic N) is 1. The zero-order valence-corrected chi connectivity index (χ0v) is 13.6. The summed E-state index contributed by atoms with van der Waals surface area (Å²) in [6.45, 7) is 11.1. The van der Waals surface area contributed by atoms with Crippen LogP contribution in [0.3, 0.4) is 0 Å². The molecule has 2 unspecified atom stereocenters. The van der Waals surface area contributed by atoms with Gasteiger partial charge in [0.05, 0.1) is 0 Å². The number of rotatable bonds is 4. The zero-order chi connectivity index (χ0) is 14.7. The predicted octanol–water partition coefficient (Wildman–Crippen LogP) is 3.50. The van der Waals surface area contributed by atoms with E-state index in [0.29, 0.717) is 5.41 Å². The van der Waals surface area contributed by atoms with Crippen LogP contribution >= 0.6 is 0 Å². The fourth-order valence-corrected chi connectivity index (χ4v) is 4.20. The molecule has 0 aliphatic carbocycles. The van der Waals surface area contributed by atoms with Crippen LogP contribution in [0.1, 0.15) is 44.6 Å². The van der Waals surface area contributed by atoms with Crippen molar-refractivity contribution in [2.24, 2.45) is 11.3 Å². The van der Waals surface area contributed by atoms with Crippen molar-refractivity contribution < 1.29 is 0 Å². The monoisotopic (exact) mass is 286 g/mol. The summed E-state index contributed by atoms with van der Waals surface area (Å²) in [4.78, 5) is 2.70. The standard InChI is InChI=1S/C19H30N2/c1-19(2,18-9-6-11-20-13-18)15-21-12-10-17(14-21)16-7-4-3-5-8-16/h3-5,7-8,17-18,20H,6,9-15H2,1-2H3. The molecule has 0 radical (unpaired) electrons. The molecule has 0 saturated carbocycles. The lowest BCUT2D eigenvalue weighted by atomic mass is 9.74. The molecule has 2 heterocycles. The highest BCUT2D eigenvalue weighted by molar-refractivity contribution is 5.21. The molecule has 2 aliphatic heterocycles. The van der Waals surface area contributed by atoms with Gasteiger partial charge >= 0.3 is 0 Å². The molecule has 1 N–H and O–H groups in total. The Balaban J connectivity index is 1.56. The average molecular weight is 286 g/mol. The van der Waals surface area contributed by atoms with E-state index in [1.807, 2.05) is 0 Å². The Labute approximate surface area is 129 Å². The average Bonchev–Trinajstić information content (AvgIpc) is 2.97. The molecule has 0 spiro atoms. The Morgan fingerprint density at radius 2 is 2.00 bits per heavy atom. The number of likely N-dealkylation sites (tertiary alicyclic amines) is 1. The highest BCUT2D eigenvalue weighted by Crippen LogP contribution is 2.35.